The second kappa shape index (κ2) is 22.9. The SMILES string of the molecule is C#C.C=C.CCCS(=O)N1CCNCC1.O.ON(CCCn1ccnc1)Cc1ccccc1. The largest absolute Gasteiger partial charge is 0.412 e. The summed E-state index contributed by atoms with van der Waals surface area (Å²) in [7, 11) is -0.713. The number of nitrogens with zero attached hydrogens (tertiary/aromatic N) is 4. The lowest BCUT2D eigenvalue weighted by atomic mass is 10.2. The van der Waals surface area contributed by atoms with Crippen molar-refractivity contribution >= 4 is 11.0 Å². The number of aryl methyl sites for hydroxylation is 1. The van der Waals surface area contributed by atoms with Crippen LogP contribution in [0, 0.1) is 12.8 Å². The average molecular weight is 480 g/mol. The van der Waals surface area contributed by atoms with Gasteiger partial charge in [0.25, 0.3) is 0 Å². The summed E-state index contributed by atoms with van der Waals surface area (Å²) in [5.41, 5.74) is 1.12. The Bertz CT molecular complexity index is 707. The van der Waals surface area contributed by atoms with Crippen molar-refractivity contribution in [2.45, 2.75) is 32.9 Å². The van der Waals surface area contributed by atoms with E-state index < -0.39 is 11.0 Å². The van der Waals surface area contributed by atoms with E-state index in [-0.39, 0.29) is 5.48 Å². The lowest BCUT2D eigenvalue weighted by molar-refractivity contribution is -0.100. The molecular weight excluding hydrogens is 438 g/mol. The van der Waals surface area contributed by atoms with E-state index in [4.69, 9.17) is 0 Å². The third-order valence-corrected chi connectivity index (χ3v) is 6.04. The summed E-state index contributed by atoms with van der Waals surface area (Å²) in [4.78, 5) is 3.97. The molecule has 1 atom stereocenters. The Morgan fingerprint density at radius 3 is 2.39 bits per heavy atom. The molecule has 1 aromatic heterocycles. The normalized spacial score (nSPS) is 13.6. The Hall–Kier alpha value is -2.32. The number of piperazine rings is 1. The Kier molecular flexibility index (Phi) is 22.8. The van der Waals surface area contributed by atoms with Gasteiger partial charge in [-0.05, 0) is 18.4 Å². The summed E-state index contributed by atoms with van der Waals surface area (Å²) in [6.07, 6.45) is 15.4. The molecule has 1 aliphatic rings. The van der Waals surface area contributed by atoms with Gasteiger partial charge in [-0.3, -0.25) is 0 Å². The van der Waals surface area contributed by atoms with Gasteiger partial charge in [-0.25, -0.2) is 13.5 Å². The second-order valence-electron chi connectivity index (χ2n) is 6.73. The predicted octanol–water partition coefficient (Wildman–Crippen LogP) is 2.36. The molecule has 0 aliphatic carbocycles. The maximum atomic E-state index is 11.4. The van der Waals surface area contributed by atoms with Gasteiger partial charge in [0.1, 0.15) is 0 Å². The number of hydroxylamine groups is 2. The molecule has 1 fully saturated rings. The summed E-state index contributed by atoms with van der Waals surface area (Å²) >= 11 is 0. The van der Waals surface area contributed by atoms with Crippen LogP contribution in [0.4, 0.5) is 0 Å². The van der Waals surface area contributed by atoms with Gasteiger partial charge in [0.05, 0.1) is 17.3 Å². The highest BCUT2D eigenvalue weighted by molar-refractivity contribution is 7.82. The van der Waals surface area contributed by atoms with Crippen LogP contribution in [0.15, 0.2) is 62.2 Å². The number of benzene rings is 1. The fourth-order valence-corrected chi connectivity index (χ4v) is 4.08. The minimum atomic E-state index is -0.713. The molecule has 0 spiro atoms. The smallest absolute Gasteiger partial charge is 0.0945 e. The van der Waals surface area contributed by atoms with Gasteiger partial charge < -0.3 is 20.6 Å². The Labute approximate surface area is 202 Å². The minimum Gasteiger partial charge on any atom is -0.412 e. The lowest BCUT2D eigenvalue weighted by Crippen LogP contribution is -2.44. The molecule has 8 nitrogen and oxygen atoms in total. The van der Waals surface area contributed by atoms with Crippen LogP contribution in [0.3, 0.4) is 0 Å². The molecule has 4 N–H and O–H groups in total. The zero-order valence-corrected chi connectivity index (χ0v) is 20.6. The Balaban J connectivity index is 0. The van der Waals surface area contributed by atoms with E-state index in [1.165, 1.54) is 5.06 Å². The monoisotopic (exact) mass is 479 g/mol. The van der Waals surface area contributed by atoms with Crippen LogP contribution >= 0.6 is 0 Å². The molecule has 1 aliphatic heterocycles. The van der Waals surface area contributed by atoms with Crippen molar-refractivity contribution in [3.63, 3.8) is 0 Å². The molecule has 1 aromatic carbocycles. The lowest BCUT2D eigenvalue weighted by Gasteiger charge is -2.25. The van der Waals surface area contributed by atoms with Crippen molar-refractivity contribution in [3.05, 3.63) is 67.8 Å². The molecule has 2 heterocycles. The molecule has 0 bridgehead atoms. The van der Waals surface area contributed by atoms with Crippen LogP contribution in [-0.4, -0.2) is 72.3 Å². The summed E-state index contributed by atoms with van der Waals surface area (Å²) in [5, 5.41) is 14.3. The van der Waals surface area contributed by atoms with Crippen LogP contribution < -0.4 is 5.32 Å². The summed E-state index contributed by atoms with van der Waals surface area (Å²) in [6.45, 7) is 14.0. The third kappa shape index (κ3) is 16.0. The van der Waals surface area contributed by atoms with Crippen molar-refractivity contribution in [2.75, 3.05) is 38.5 Å². The fraction of sp³-hybridized carbons (Fsp3) is 0.458. The molecule has 3 rings (SSSR count). The standard InChI is InChI=1S/C13H17N3O.C7H16N2OS.C2H4.C2H2.H2O/c17-16(11-13-5-2-1-3-6-13)9-4-8-15-10-7-14-12-15;1-2-7-11(10)9-5-3-8-4-6-9;2*1-2;/h1-3,5-7,10,12,17H,4,8-9,11H2;8H,2-7H2,1H3;1-2H2;1-2H;1H2. The maximum absolute atomic E-state index is 11.4. The van der Waals surface area contributed by atoms with Crippen LogP contribution in [0.5, 0.6) is 0 Å². The van der Waals surface area contributed by atoms with E-state index in [1.54, 1.807) is 12.5 Å². The first kappa shape index (κ1) is 32.9. The molecule has 1 unspecified atom stereocenters. The van der Waals surface area contributed by atoms with Crippen molar-refractivity contribution < 1.29 is 14.9 Å². The molecule has 2 aromatic rings. The first-order valence-electron chi connectivity index (χ1n) is 10.8. The van der Waals surface area contributed by atoms with E-state index in [2.05, 4.69) is 47.5 Å². The van der Waals surface area contributed by atoms with E-state index in [1.807, 2.05) is 41.1 Å². The zero-order chi connectivity index (χ0) is 24.0. The van der Waals surface area contributed by atoms with Gasteiger partial charge in [0.2, 0.25) is 0 Å². The minimum absolute atomic E-state index is 0. The number of aromatic nitrogens is 2. The average Bonchev–Trinajstić information content (AvgIpc) is 3.37. The second-order valence-corrected chi connectivity index (χ2v) is 8.30. The number of terminal acetylenes is 1. The molecular formula is C24H41N5O3S. The van der Waals surface area contributed by atoms with Crippen molar-refractivity contribution in [2.24, 2.45) is 0 Å². The summed E-state index contributed by atoms with van der Waals surface area (Å²) in [6, 6.07) is 9.96. The first-order chi connectivity index (χ1) is 15.7. The van der Waals surface area contributed by atoms with E-state index in [0.29, 0.717) is 13.1 Å². The number of hydrogen-bond acceptors (Lipinski definition) is 5. The van der Waals surface area contributed by atoms with Crippen LogP contribution in [-0.2, 0) is 24.1 Å². The molecule has 9 heteroatoms. The van der Waals surface area contributed by atoms with Gasteiger partial charge in [-0.15, -0.1) is 26.0 Å². The predicted molar refractivity (Wildman–Crippen MR) is 138 cm³/mol. The number of hydrogen-bond donors (Lipinski definition) is 2. The third-order valence-electron chi connectivity index (χ3n) is 4.34. The molecule has 0 saturated carbocycles. The van der Waals surface area contributed by atoms with Gasteiger partial charge >= 0.3 is 0 Å². The summed E-state index contributed by atoms with van der Waals surface area (Å²) < 4.78 is 15.5. The molecule has 33 heavy (non-hydrogen) atoms. The Morgan fingerprint density at radius 2 is 1.85 bits per heavy atom. The summed E-state index contributed by atoms with van der Waals surface area (Å²) in [5.74, 6) is 0.819. The topological polar surface area (TPSA) is 105 Å². The van der Waals surface area contributed by atoms with Gasteiger partial charge in [-0.1, -0.05) is 37.3 Å². The van der Waals surface area contributed by atoms with Gasteiger partial charge in [-0.2, -0.15) is 5.06 Å². The van der Waals surface area contributed by atoms with Crippen molar-refractivity contribution in [1.29, 1.82) is 0 Å². The first-order valence-corrected chi connectivity index (χ1v) is 12.1. The number of rotatable bonds is 9. The van der Waals surface area contributed by atoms with Crippen LogP contribution in [0.1, 0.15) is 25.3 Å². The van der Waals surface area contributed by atoms with Crippen LogP contribution in [0.25, 0.3) is 0 Å². The van der Waals surface area contributed by atoms with Crippen LogP contribution in [0.2, 0.25) is 0 Å². The quantitative estimate of drug-likeness (QED) is 0.326. The van der Waals surface area contributed by atoms with Crippen molar-refractivity contribution in [1.82, 2.24) is 24.2 Å². The molecule has 0 amide bonds. The highest BCUT2D eigenvalue weighted by Gasteiger charge is 2.14. The maximum Gasteiger partial charge on any atom is 0.0945 e. The number of imidazole rings is 1. The van der Waals surface area contributed by atoms with E-state index >= 15 is 0 Å². The highest BCUT2D eigenvalue weighted by atomic mass is 32.2. The molecule has 0 radical (unpaired) electrons. The fourth-order valence-electron chi connectivity index (χ4n) is 2.88. The molecule has 1 saturated heterocycles. The van der Waals surface area contributed by atoms with Crippen molar-refractivity contribution in [3.8, 4) is 12.8 Å². The van der Waals surface area contributed by atoms with E-state index in [9.17, 15) is 9.42 Å². The van der Waals surface area contributed by atoms with E-state index in [0.717, 1.165) is 56.9 Å². The van der Waals surface area contributed by atoms with Gasteiger partial charge in [0, 0.05) is 64.0 Å². The highest BCUT2D eigenvalue weighted by Crippen LogP contribution is 2.03. The number of nitrogens with one attached hydrogen (secondary N) is 1. The Morgan fingerprint density at radius 1 is 1.21 bits per heavy atom. The van der Waals surface area contributed by atoms with Gasteiger partial charge in [0.15, 0.2) is 0 Å². The zero-order valence-electron chi connectivity index (χ0n) is 19.8. The molecule has 186 valence electrons.